The van der Waals surface area contributed by atoms with E-state index in [0.717, 1.165) is 16.7 Å². The summed E-state index contributed by atoms with van der Waals surface area (Å²) in [5.74, 6) is 0. The number of aromatic nitrogens is 2. The molecule has 1 heterocycles. The van der Waals surface area contributed by atoms with Crippen LogP contribution < -0.4 is 5.32 Å². The number of hydrogen-bond acceptors (Lipinski definition) is 2. The van der Waals surface area contributed by atoms with Gasteiger partial charge in [0, 0.05) is 12.7 Å². The highest BCUT2D eigenvalue weighted by atomic mass is 79.9. The van der Waals surface area contributed by atoms with Crippen molar-refractivity contribution >= 4 is 15.9 Å². The summed E-state index contributed by atoms with van der Waals surface area (Å²) in [4.78, 5) is 0. The van der Waals surface area contributed by atoms with E-state index < -0.39 is 0 Å². The van der Waals surface area contributed by atoms with Crippen molar-refractivity contribution in [2.45, 2.75) is 13.5 Å². The lowest BCUT2D eigenvalue weighted by molar-refractivity contribution is 0.813. The van der Waals surface area contributed by atoms with Crippen LogP contribution in [0.2, 0.25) is 0 Å². The summed E-state index contributed by atoms with van der Waals surface area (Å²) in [5, 5.41) is 7.42. The zero-order valence-electron chi connectivity index (χ0n) is 9.37. The first-order chi connectivity index (χ1) is 7.70. The molecule has 0 radical (unpaired) electrons. The monoisotopic (exact) mass is 279 g/mol. The van der Waals surface area contributed by atoms with Gasteiger partial charge in [-0.05, 0) is 47.1 Å². The van der Waals surface area contributed by atoms with E-state index in [4.69, 9.17) is 0 Å². The zero-order valence-corrected chi connectivity index (χ0v) is 11.0. The molecule has 0 aliphatic carbocycles. The second kappa shape index (κ2) is 4.80. The normalized spacial score (nSPS) is 10.7. The van der Waals surface area contributed by atoms with Gasteiger partial charge in [0.1, 0.15) is 0 Å². The maximum atomic E-state index is 4.28. The molecule has 2 aromatic rings. The van der Waals surface area contributed by atoms with Crippen LogP contribution in [0.3, 0.4) is 0 Å². The molecule has 0 saturated heterocycles. The number of aryl methyl sites for hydroxylation is 1. The number of nitrogens with one attached hydrogen (secondary N) is 1. The molecular formula is C12H14BrN3. The minimum absolute atomic E-state index is 0.893. The van der Waals surface area contributed by atoms with E-state index in [1.165, 1.54) is 11.1 Å². The van der Waals surface area contributed by atoms with Crippen LogP contribution in [0.1, 0.15) is 11.1 Å². The summed E-state index contributed by atoms with van der Waals surface area (Å²) < 4.78 is 2.87. The third kappa shape index (κ3) is 2.33. The van der Waals surface area contributed by atoms with Crippen LogP contribution in [0.15, 0.2) is 35.1 Å². The van der Waals surface area contributed by atoms with E-state index in [1.54, 1.807) is 6.20 Å². The number of benzene rings is 1. The van der Waals surface area contributed by atoms with Crippen LogP contribution in [0.5, 0.6) is 0 Å². The molecule has 16 heavy (non-hydrogen) atoms. The van der Waals surface area contributed by atoms with Crippen LogP contribution in [0, 0.1) is 6.92 Å². The van der Waals surface area contributed by atoms with Crippen molar-refractivity contribution in [2.75, 3.05) is 7.05 Å². The predicted molar refractivity (Wildman–Crippen MR) is 68.8 cm³/mol. The third-order valence-corrected chi connectivity index (χ3v) is 2.85. The fourth-order valence-corrected chi connectivity index (χ4v) is 2.01. The van der Waals surface area contributed by atoms with Gasteiger partial charge in [0.15, 0.2) is 0 Å². The number of hydrogen-bond donors (Lipinski definition) is 1. The Kier molecular flexibility index (Phi) is 3.41. The Morgan fingerprint density at radius 1 is 1.44 bits per heavy atom. The van der Waals surface area contributed by atoms with Crippen LogP contribution in [0.4, 0.5) is 0 Å². The van der Waals surface area contributed by atoms with E-state index >= 15 is 0 Å². The van der Waals surface area contributed by atoms with Gasteiger partial charge in [-0.2, -0.15) is 5.10 Å². The van der Waals surface area contributed by atoms with E-state index in [2.05, 4.69) is 51.5 Å². The summed E-state index contributed by atoms with van der Waals surface area (Å²) >= 11 is 3.40. The minimum atomic E-state index is 0.893. The van der Waals surface area contributed by atoms with Crippen LogP contribution in [-0.4, -0.2) is 16.8 Å². The Bertz CT molecular complexity index is 491. The van der Waals surface area contributed by atoms with Crippen molar-refractivity contribution in [2.24, 2.45) is 0 Å². The molecule has 0 aliphatic heterocycles. The Balaban J connectivity index is 2.36. The highest BCUT2D eigenvalue weighted by Gasteiger charge is 2.03. The molecule has 0 aliphatic rings. The Morgan fingerprint density at radius 3 is 2.81 bits per heavy atom. The molecule has 0 amide bonds. The SMILES string of the molecule is CNCc1ccc(-n2cc(Br)cn2)c(C)c1. The van der Waals surface area contributed by atoms with Gasteiger partial charge in [-0.3, -0.25) is 0 Å². The molecule has 84 valence electrons. The van der Waals surface area contributed by atoms with Gasteiger partial charge < -0.3 is 5.32 Å². The molecule has 4 heteroatoms. The lowest BCUT2D eigenvalue weighted by atomic mass is 10.1. The molecule has 0 fully saturated rings. The molecule has 1 aromatic carbocycles. The zero-order chi connectivity index (χ0) is 11.5. The molecule has 0 spiro atoms. The molecule has 0 bridgehead atoms. The molecule has 3 nitrogen and oxygen atoms in total. The van der Waals surface area contributed by atoms with E-state index in [9.17, 15) is 0 Å². The Labute approximate surface area is 104 Å². The summed E-state index contributed by atoms with van der Waals surface area (Å²) in [6, 6.07) is 6.40. The number of nitrogens with zero attached hydrogens (tertiary/aromatic N) is 2. The van der Waals surface area contributed by atoms with Crippen molar-refractivity contribution in [1.29, 1.82) is 0 Å². The predicted octanol–water partition coefficient (Wildman–Crippen LogP) is 2.66. The van der Waals surface area contributed by atoms with Crippen LogP contribution in [-0.2, 0) is 6.54 Å². The highest BCUT2D eigenvalue weighted by Crippen LogP contribution is 2.17. The van der Waals surface area contributed by atoms with Crippen LogP contribution >= 0.6 is 15.9 Å². The molecule has 2 rings (SSSR count). The van der Waals surface area contributed by atoms with Gasteiger partial charge in [-0.1, -0.05) is 12.1 Å². The molecule has 0 saturated carbocycles. The second-order valence-corrected chi connectivity index (χ2v) is 4.67. The average Bonchev–Trinajstić information content (AvgIpc) is 2.65. The van der Waals surface area contributed by atoms with Crippen molar-refractivity contribution in [3.63, 3.8) is 0 Å². The molecule has 1 aromatic heterocycles. The van der Waals surface area contributed by atoms with Gasteiger partial charge in [0.05, 0.1) is 16.4 Å². The number of rotatable bonds is 3. The van der Waals surface area contributed by atoms with E-state index in [1.807, 2.05) is 17.9 Å². The maximum Gasteiger partial charge on any atom is 0.0675 e. The van der Waals surface area contributed by atoms with Crippen molar-refractivity contribution in [1.82, 2.24) is 15.1 Å². The van der Waals surface area contributed by atoms with E-state index in [0.29, 0.717) is 0 Å². The summed E-state index contributed by atoms with van der Waals surface area (Å²) in [7, 11) is 1.95. The lowest BCUT2D eigenvalue weighted by Gasteiger charge is -2.08. The van der Waals surface area contributed by atoms with Crippen molar-refractivity contribution in [3.05, 3.63) is 46.2 Å². The summed E-state index contributed by atoms with van der Waals surface area (Å²) in [6.07, 6.45) is 3.75. The molecule has 1 N–H and O–H groups in total. The van der Waals surface area contributed by atoms with Crippen LogP contribution in [0.25, 0.3) is 5.69 Å². The average molecular weight is 280 g/mol. The first-order valence-electron chi connectivity index (χ1n) is 5.15. The fourth-order valence-electron chi connectivity index (χ4n) is 1.72. The highest BCUT2D eigenvalue weighted by molar-refractivity contribution is 9.10. The Morgan fingerprint density at radius 2 is 2.25 bits per heavy atom. The van der Waals surface area contributed by atoms with Gasteiger partial charge in [0.2, 0.25) is 0 Å². The van der Waals surface area contributed by atoms with Gasteiger partial charge in [-0.15, -0.1) is 0 Å². The quantitative estimate of drug-likeness (QED) is 0.936. The van der Waals surface area contributed by atoms with E-state index in [-0.39, 0.29) is 0 Å². The molecular weight excluding hydrogens is 266 g/mol. The topological polar surface area (TPSA) is 29.9 Å². The minimum Gasteiger partial charge on any atom is -0.316 e. The third-order valence-electron chi connectivity index (χ3n) is 2.44. The molecule has 0 atom stereocenters. The van der Waals surface area contributed by atoms with Gasteiger partial charge >= 0.3 is 0 Å². The first kappa shape index (κ1) is 11.4. The summed E-state index contributed by atoms with van der Waals surface area (Å²) in [5.41, 5.74) is 3.63. The lowest BCUT2D eigenvalue weighted by Crippen LogP contribution is -2.06. The maximum absolute atomic E-state index is 4.28. The van der Waals surface area contributed by atoms with Gasteiger partial charge in [0.25, 0.3) is 0 Å². The smallest absolute Gasteiger partial charge is 0.0675 e. The largest absolute Gasteiger partial charge is 0.316 e. The fraction of sp³-hybridized carbons (Fsp3) is 0.250. The van der Waals surface area contributed by atoms with Crippen molar-refractivity contribution in [3.8, 4) is 5.69 Å². The first-order valence-corrected chi connectivity index (χ1v) is 5.94. The van der Waals surface area contributed by atoms with Crippen molar-refractivity contribution < 1.29 is 0 Å². The second-order valence-electron chi connectivity index (χ2n) is 3.75. The number of halogens is 1. The molecule has 0 unspecified atom stereocenters. The Hall–Kier alpha value is -1.13. The summed E-state index contributed by atoms with van der Waals surface area (Å²) in [6.45, 7) is 2.99. The van der Waals surface area contributed by atoms with Gasteiger partial charge in [-0.25, -0.2) is 4.68 Å². The standard InChI is InChI=1S/C12H14BrN3/c1-9-5-10(6-14-2)3-4-12(9)16-8-11(13)7-15-16/h3-5,7-8,14H,6H2,1-2H3.